The van der Waals surface area contributed by atoms with Crippen LogP contribution in [0.1, 0.15) is 49.4 Å². The molecule has 29 heavy (non-hydrogen) atoms. The molecule has 6 nitrogen and oxygen atoms in total. The minimum atomic E-state index is 0.0224. The van der Waals surface area contributed by atoms with Crippen LogP contribution in [0.2, 0.25) is 0 Å². The molecule has 0 amide bonds. The number of piperazine rings is 1. The topological polar surface area (TPSA) is 53.9 Å². The van der Waals surface area contributed by atoms with Gasteiger partial charge in [0.2, 0.25) is 0 Å². The van der Waals surface area contributed by atoms with E-state index in [4.69, 9.17) is 9.73 Å². The lowest BCUT2D eigenvalue weighted by Crippen LogP contribution is -2.50. The third kappa shape index (κ3) is 3.19. The lowest BCUT2D eigenvalue weighted by atomic mass is 10.0. The van der Waals surface area contributed by atoms with Crippen molar-refractivity contribution in [3.05, 3.63) is 47.4 Å². The maximum absolute atomic E-state index is 6.18. The first kappa shape index (κ1) is 17.4. The molecule has 0 radical (unpaired) electrons. The summed E-state index contributed by atoms with van der Waals surface area (Å²) >= 11 is 0. The van der Waals surface area contributed by atoms with E-state index in [0.29, 0.717) is 12.6 Å². The summed E-state index contributed by atoms with van der Waals surface area (Å²) in [6.07, 6.45) is 6.59. The van der Waals surface area contributed by atoms with Crippen LogP contribution in [0.15, 0.2) is 35.6 Å². The fraction of sp³-hybridized carbons (Fsp3) is 0.522. The first-order valence-corrected chi connectivity index (χ1v) is 10.9. The van der Waals surface area contributed by atoms with Crippen LogP contribution in [-0.4, -0.2) is 58.4 Å². The first-order chi connectivity index (χ1) is 14.2. The largest absolute Gasteiger partial charge is 0.488 e. The van der Waals surface area contributed by atoms with Gasteiger partial charge in [-0.1, -0.05) is 6.07 Å². The van der Waals surface area contributed by atoms with Crippen molar-refractivity contribution >= 4 is 11.5 Å². The average Bonchev–Trinajstić information content (AvgIpc) is 3.15. The molecule has 1 saturated carbocycles. The predicted molar refractivity (Wildman–Crippen MR) is 113 cm³/mol. The van der Waals surface area contributed by atoms with E-state index in [9.17, 15) is 0 Å². The lowest BCUT2D eigenvalue weighted by molar-refractivity contribution is 0.200. The Labute approximate surface area is 171 Å². The zero-order chi connectivity index (χ0) is 19.4. The zero-order valence-electron chi connectivity index (χ0n) is 17.0. The van der Waals surface area contributed by atoms with Crippen LogP contribution in [0.3, 0.4) is 0 Å². The molecule has 2 saturated heterocycles. The van der Waals surface area contributed by atoms with E-state index in [2.05, 4.69) is 51.0 Å². The van der Waals surface area contributed by atoms with Gasteiger partial charge in [0, 0.05) is 37.3 Å². The van der Waals surface area contributed by atoms with E-state index in [0.717, 1.165) is 61.0 Å². The molecular weight excluding hydrogens is 362 g/mol. The van der Waals surface area contributed by atoms with E-state index in [1.165, 1.54) is 24.9 Å². The normalized spacial score (nSPS) is 24.8. The third-order valence-electron chi connectivity index (χ3n) is 6.87. The summed E-state index contributed by atoms with van der Waals surface area (Å²) in [6.45, 7) is 7.37. The number of rotatable bonds is 4. The average molecular weight is 390 g/mol. The highest BCUT2D eigenvalue weighted by atomic mass is 16.5. The fourth-order valence-electron chi connectivity index (χ4n) is 4.86. The number of fused-ring (bicyclic) bond motifs is 2. The Kier molecular flexibility index (Phi) is 3.91. The molecule has 2 aromatic rings. The van der Waals surface area contributed by atoms with Gasteiger partial charge in [-0.25, -0.2) is 9.97 Å². The highest BCUT2D eigenvalue weighted by molar-refractivity contribution is 6.14. The summed E-state index contributed by atoms with van der Waals surface area (Å²) in [5, 5.41) is 0. The monoisotopic (exact) mass is 389 g/mol. The quantitative estimate of drug-likeness (QED) is 0.805. The summed E-state index contributed by atoms with van der Waals surface area (Å²) in [7, 11) is 0. The molecule has 1 unspecified atom stereocenters. The van der Waals surface area contributed by atoms with Crippen molar-refractivity contribution in [3.63, 3.8) is 0 Å². The molecule has 1 aromatic heterocycles. The minimum absolute atomic E-state index is 0.0224. The summed E-state index contributed by atoms with van der Waals surface area (Å²) in [5.74, 6) is 1.96. The number of benzene rings is 1. The van der Waals surface area contributed by atoms with E-state index < -0.39 is 0 Å². The van der Waals surface area contributed by atoms with Gasteiger partial charge >= 0.3 is 0 Å². The van der Waals surface area contributed by atoms with Crippen LogP contribution < -0.4 is 9.64 Å². The molecule has 1 atom stereocenters. The Bertz CT molecular complexity index is 983. The molecule has 4 aliphatic rings. The van der Waals surface area contributed by atoms with Gasteiger partial charge in [-0.3, -0.25) is 9.89 Å². The van der Waals surface area contributed by atoms with Gasteiger partial charge in [0.15, 0.2) is 0 Å². The molecule has 3 aliphatic heterocycles. The van der Waals surface area contributed by atoms with Gasteiger partial charge in [-0.2, -0.15) is 0 Å². The van der Waals surface area contributed by atoms with Gasteiger partial charge in [-0.15, -0.1) is 0 Å². The van der Waals surface area contributed by atoms with Crippen LogP contribution in [0.5, 0.6) is 5.75 Å². The second kappa shape index (κ2) is 6.52. The molecule has 6 heteroatoms. The zero-order valence-corrected chi connectivity index (χ0v) is 17.0. The maximum Gasteiger partial charge on any atom is 0.132 e. The van der Waals surface area contributed by atoms with Crippen molar-refractivity contribution in [1.82, 2.24) is 14.9 Å². The van der Waals surface area contributed by atoms with E-state index >= 15 is 0 Å². The van der Waals surface area contributed by atoms with Gasteiger partial charge < -0.3 is 9.64 Å². The molecule has 1 aliphatic carbocycles. The number of aliphatic imine (C=N–C) groups is 1. The Hall–Kier alpha value is -2.47. The number of hydrogen-bond acceptors (Lipinski definition) is 6. The molecule has 4 heterocycles. The van der Waals surface area contributed by atoms with Crippen molar-refractivity contribution in [2.45, 2.75) is 50.8 Å². The number of ether oxygens (including phenoxy) is 1. The first-order valence-electron chi connectivity index (χ1n) is 10.9. The summed E-state index contributed by atoms with van der Waals surface area (Å²) in [4.78, 5) is 19.0. The molecule has 3 fully saturated rings. The second-order valence-corrected chi connectivity index (χ2v) is 9.08. The van der Waals surface area contributed by atoms with Crippen molar-refractivity contribution < 1.29 is 4.74 Å². The van der Waals surface area contributed by atoms with Crippen LogP contribution in [0, 0.1) is 0 Å². The van der Waals surface area contributed by atoms with E-state index in [-0.39, 0.29) is 5.60 Å². The molecule has 6 rings (SSSR count). The second-order valence-electron chi connectivity index (χ2n) is 9.08. The number of aromatic nitrogens is 2. The molecule has 150 valence electrons. The third-order valence-corrected chi connectivity index (χ3v) is 6.87. The van der Waals surface area contributed by atoms with Gasteiger partial charge in [-0.05, 0) is 56.8 Å². The highest BCUT2D eigenvalue weighted by Gasteiger charge is 2.40. The number of nitrogens with zero attached hydrogens (tertiary/aromatic N) is 5. The summed E-state index contributed by atoms with van der Waals surface area (Å²) < 4.78 is 6.18. The molecule has 0 N–H and O–H groups in total. The summed E-state index contributed by atoms with van der Waals surface area (Å²) in [5.41, 5.74) is 4.30. The Morgan fingerprint density at radius 1 is 1.10 bits per heavy atom. The maximum atomic E-state index is 6.18. The van der Waals surface area contributed by atoms with Crippen LogP contribution in [0.25, 0.3) is 0 Å². The van der Waals surface area contributed by atoms with Crippen molar-refractivity contribution in [2.75, 3.05) is 31.1 Å². The Balaban J connectivity index is 1.27. The van der Waals surface area contributed by atoms with Crippen molar-refractivity contribution in [1.29, 1.82) is 0 Å². The van der Waals surface area contributed by atoms with Crippen LogP contribution >= 0.6 is 0 Å². The van der Waals surface area contributed by atoms with Crippen molar-refractivity contribution in [2.24, 2.45) is 4.99 Å². The standard InChI is InChI=1S/C23H27N5O/c1-23(6-7-23)29-18-5-4-16-13-24-22(19(16)11-18)20-12-21(26-15-25-20)28-10-9-27-8-2-3-17(27)14-28/h4-5,11-12,15,17H,2-3,6-10,13-14H2,1H3. The predicted octanol–water partition coefficient (Wildman–Crippen LogP) is 3.04. The van der Waals surface area contributed by atoms with Crippen molar-refractivity contribution in [3.8, 4) is 5.75 Å². The fourth-order valence-corrected chi connectivity index (χ4v) is 4.86. The minimum Gasteiger partial charge on any atom is -0.488 e. The van der Waals surface area contributed by atoms with Crippen LogP contribution in [-0.2, 0) is 6.54 Å². The Morgan fingerprint density at radius 2 is 2.03 bits per heavy atom. The van der Waals surface area contributed by atoms with E-state index in [1.807, 2.05) is 0 Å². The van der Waals surface area contributed by atoms with Gasteiger partial charge in [0.05, 0.1) is 18.0 Å². The van der Waals surface area contributed by atoms with Gasteiger partial charge in [0.1, 0.15) is 23.5 Å². The van der Waals surface area contributed by atoms with Gasteiger partial charge in [0.25, 0.3) is 0 Å². The molecule has 0 bridgehead atoms. The van der Waals surface area contributed by atoms with E-state index in [1.54, 1.807) is 6.33 Å². The molecular formula is C23H27N5O. The van der Waals surface area contributed by atoms with Crippen LogP contribution in [0.4, 0.5) is 5.82 Å². The number of hydrogen-bond donors (Lipinski definition) is 0. The molecule has 0 spiro atoms. The number of anilines is 1. The summed E-state index contributed by atoms with van der Waals surface area (Å²) in [6, 6.07) is 9.16. The SMILES string of the molecule is CC1(Oc2ccc3c(c2)C(c2cc(N4CCN5CCCC5C4)ncn2)=NC3)CC1. The highest BCUT2D eigenvalue weighted by Crippen LogP contribution is 2.40. The lowest BCUT2D eigenvalue weighted by Gasteiger charge is -2.38. The smallest absolute Gasteiger partial charge is 0.132 e. The Morgan fingerprint density at radius 3 is 2.93 bits per heavy atom. The molecule has 1 aromatic carbocycles.